The Morgan fingerprint density at radius 2 is 2.00 bits per heavy atom. The number of carbonyl (C=O) groups excluding carboxylic acids is 1. The molecule has 0 atom stereocenters. The number of esters is 1. The van der Waals surface area contributed by atoms with Crippen LogP contribution in [0.4, 0.5) is 0 Å². The number of methoxy groups -OCH3 is 2. The summed E-state index contributed by atoms with van der Waals surface area (Å²) in [5, 5.41) is 0. The molecule has 0 unspecified atom stereocenters. The molecule has 0 fully saturated rings. The van der Waals surface area contributed by atoms with Gasteiger partial charge in [0, 0.05) is 18.7 Å². The SMILES string of the molecule is CCOC(=O)/C=C/C=C(/CC)c1cc(OCOC)ccc1OC. The smallest absolute Gasteiger partial charge is 0.330 e. The summed E-state index contributed by atoms with van der Waals surface area (Å²) in [6.07, 6.45) is 5.72. The molecule has 0 aliphatic heterocycles. The zero-order valence-corrected chi connectivity index (χ0v) is 14.1. The highest BCUT2D eigenvalue weighted by atomic mass is 16.7. The molecular formula is C18H24O5. The quantitative estimate of drug-likeness (QED) is 0.301. The number of benzene rings is 1. The summed E-state index contributed by atoms with van der Waals surface area (Å²) in [5.74, 6) is 1.08. The molecule has 0 N–H and O–H groups in total. The van der Waals surface area contributed by atoms with Crippen LogP contribution >= 0.6 is 0 Å². The fourth-order valence-corrected chi connectivity index (χ4v) is 1.99. The third-order valence-electron chi connectivity index (χ3n) is 3.06. The van der Waals surface area contributed by atoms with Crippen molar-refractivity contribution in [1.29, 1.82) is 0 Å². The molecule has 0 amide bonds. The average molecular weight is 320 g/mol. The van der Waals surface area contributed by atoms with Crippen LogP contribution in [-0.4, -0.2) is 33.6 Å². The molecule has 1 aromatic carbocycles. The van der Waals surface area contributed by atoms with Gasteiger partial charge in [0.1, 0.15) is 11.5 Å². The lowest BCUT2D eigenvalue weighted by Crippen LogP contribution is -2.00. The van der Waals surface area contributed by atoms with E-state index >= 15 is 0 Å². The van der Waals surface area contributed by atoms with Crippen LogP contribution in [0.1, 0.15) is 25.8 Å². The molecule has 0 radical (unpaired) electrons. The van der Waals surface area contributed by atoms with Crippen molar-refractivity contribution in [2.45, 2.75) is 20.3 Å². The summed E-state index contributed by atoms with van der Waals surface area (Å²) in [5.41, 5.74) is 1.93. The highest BCUT2D eigenvalue weighted by Gasteiger charge is 2.09. The fourth-order valence-electron chi connectivity index (χ4n) is 1.99. The van der Waals surface area contributed by atoms with E-state index in [4.69, 9.17) is 18.9 Å². The van der Waals surface area contributed by atoms with Gasteiger partial charge in [0.25, 0.3) is 0 Å². The van der Waals surface area contributed by atoms with Gasteiger partial charge in [0.2, 0.25) is 0 Å². The Morgan fingerprint density at radius 3 is 2.61 bits per heavy atom. The Morgan fingerprint density at radius 1 is 1.22 bits per heavy atom. The third kappa shape index (κ3) is 6.16. The van der Waals surface area contributed by atoms with Crippen molar-refractivity contribution in [3.63, 3.8) is 0 Å². The first-order valence-corrected chi connectivity index (χ1v) is 7.50. The van der Waals surface area contributed by atoms with Crippen LogP contribution in [0.2, 0.25) is 0 Å². The van der Waals surface area contributed by atoms with Crippen LogP contribution in [-0.2, 0) is 14.3 Å². The van der Waals surface area contributed by atoms with E-state index < -0.39 is 0 Å². The largest absolute Gasteiger partial charge is 0.496 e. The Hall–Kier alpha value is -2.27. The number of hydrogen-bond acceptors (Lipinski definition) is 5. The third-order valence-corrected chi connectivity index (χ3v) is 3.06. The maximum atomic E-state index is 11.3. The summed E-state index contributed by atoms with van der Waals surface area (Å²) in [4.78, 5) is 11.3. The Balaban J connectivity index is 3.04. The Kier molecular flexibility index (Phi) is 8.54. The first-order chi connectivity index (χ1) is 11.2. The predicted molar refractivity (Wildman–Crippen MR) is 89.5 cm³/mol. The van der Waals surface area contributed by atoms with Gasteiger partial charge in [-0.3, -0.25) is 0 Å². The lowest BCUT2D eigenvalue weighted by atomic mass is 10.0. The summed E-state index contributed by atoms with van der Waals surface area (Å²) in [7, 11) is 3.19. The second kappa shape index (κ2) is 10.5. The van der Waals surface area contributed by atoms with Gasteiger partial charge in [-0.1, -0.05) is 19.1 Å². The predicted octanol–water partition coefficient (Wildman–Crippen LogP) is 3.59. The highest BCUT2D eigenvalue weighted by molar-refractivity contribution is 5.83. The van der Waals surface area contributed by atoms with Crippen LogP contribution < -0.4 is 9.47 Å². The van der Waals surface area contributed by atoms with E-state index in [1.165, 1.54) is 6.08 Å². The normalized spacial score (nSPS) is 11.6. The van der Waals surface area contributed by atoms with E-state index in [0.717, 1.165) is 23.3 Å². The van der Waals surface area contributed by atoms with E-state index in [1.807, 2.05) is 31.2 Å². The number of rotatable bonds is 9. The first-order valence-electron chi connectivity index (χ1n) is 7.50. The van der Waals surface area contributed by atoms with Crippen molar-refractivity contribution in [2.24, 2.45) is 0 Å². The molecule has 0 saturated carbocycles. The number of hydrogen-bond donors (Lipinski definition) is 0. The fraction of sp³-hybridized carbons (Fsp3) is 0.389. The maximum Gasteiger partial charge on any atom is 0.330 e. The molecule has 1 rings (SSSR count). The van der Waals surface area contributed by atoms with Crippen molar-refractivity contribution in [3.8, 4) is 11.5 Å². The molecule has 0 saturated heterocycles. The molecule has 0 aliphatic carbocycles. The maximum absolute atomic E-state index is 11.3. The lowest BCUT2D eigenvalue weighted by molar-refractivity contribution is -0.137. The summed E-state index contributed by atoms with van der Waals surface area (Å²) < 4.78 is 20.6. The standard InChI is InChI=1S/C18H24O5/c1-5-14(8-7-9-18(19)22-6-2)16-12-15(23-13-20-3)10-11-17(16)21-4/h7-12H,5-6,13H2,1-4H3/b9-7+,14-8-. The second-order valence-electron chi connectivity index (χ2n) is 4.57. The van der Waals surface area contributed by atoms with E-state index in [9.17, 15) is 4.79 Å². The highest BCUT2D eigenvalue weighted by Crippen LogP contribution is 2.31. The van der Waals surface area contributed by atoms with Crippen molar-refractivity contribution in [1.82, 2.24) is 0 Å². The zero-order valence-electron chi connectivity index (χ0n) is 14.1. The molecule has 5 nitrogen and oxygen atoms in total. The molecule has 0 spiro atoms. The molecule has 0 aliphatic rings. The number of allylic oxidation sites excluding steroid dienone is 3. The van der Waals surface area contributed by atoms with Gasteiger partial charge in [-0.05, 0) is 37.1 Å². The van der Waals surface area contributed by atoms with Gasteiger partial charge in [0.15, 0.2) is 6.79 Å². The summed E-state index contributed by atoms with van der Waals surface area (Å²) >= 11 is 0. The number of carbonyl (C=O) groups is 1. The van der Waals surface area contributed by atoms with Crippen LogP contribution in [0.15, 0.2) is 36.4 Å². The van der Waals surface area contributed by atoms with Gasteiger partial charge >= 0.3 is 5.97 Å². The van der Waals surface area contributed by atoms with Gasteiger partial charge in [-0.25, -0.2) is 4.79 Å². The zero-order chi connectivity index (χ0) is 17.1. The number of ether oxygens (including phenoxy) is 4. The molecule has 5 heteroatoms. The van der Waals surface area contributed by atoms with E-state index in [1.54, 1.807) is 27.2 Å². The minimum absolute atomic E-state index is 0.180. The van der Waals surface area contributed by atoms with Gasteiger partial charge in [0.05, 0.1) is 13.7 Å². The molecule has 0 aromatic heterocycles. The first kappa shape index (κ1) is 18.8. The van der Waals surface area contributed by atoms with Crippen LogP contribution in [0.25, 0.3) is 5.57 Å². The van der Waals surface area contributed by atoms with E-state index in [0.29, 0.717) is 12.4 Å². The van der Waals surface area contributed by atoms with Crippen molar-refractivity contribution >= 4 is 11.5 Å². The van der Waals surface area contributed by atoms with E-state index in [2.05, 4.69) is 0 Å². The van der Waals surface area contributed by atoms with Crippen LogP contribution in [0.5, 0.6) is 11.5 Å². The van der Waals surface area contributed by atoms with Gasteiger partial charge in [-0.15, -0.1) is 0 Å². The molecule has 1 aromatic rings. The molecule has 23 heavy (non-hydrogen) atoms. The molecule has 0 heterocycles. The minimum Gasteiger partial charge on any atom is -0.496 e. The van der Waals surface area contributed by atoms with Gasteiger partial charge in [-0.2, -0.15) is 0 Å². The second-order valence-corrected chi connectivity index (χ2v) is 4.57. The van der Waals surface area contributed by atoms with Crippen LogP contribution in [0.3, 0.4) is 0 Å². The van der Waals surface area contributed by atoms with Crippen molar-refractivity contribution in [2.75, 3.05) is 27.6 Å². The lowest BCUT2D eigenvalue weighted by Gasteiger charge is -2.13. The molecule has 126 valence electrons. The van der Waals surface area contributed by atoms with Gasteiger partial charge < -0.3 is 18.9 Å². The monoisotopic (exact) mass is 320 g/mol. The van der Waals surface area contributed by atoms with Crippen molar-refractivity contribution < 1.29 is 23.7 Å². The molecular weight excluding hydrogens is 296 g/mol. The van der Waals surface area contributed by atoms with E-state index in [-0.39, 0.29) is 12.8 Å². The topological polar surface area (TPSA) is 54.0 Å². The molecule has 0 bridgehead atoms. The summed E-state index contributed by atoms with van der Waals surface area (Å²) in [6.45, 7) is 4.35. The Bertz CT molecular complexity index is 561. The summed E-state index contributed by atoms with van der Waals surface area (Å²) in [6, 6.07) is 5.56. The Labute approximate surface area is 137 Å². The minimum atomic E-state index is -0.358. The van der Waals surface area contributed by atoms with Crippen LogP contribution in [0, 0.1) is 0 Å². The average Bonchev–Trinajstić information content (AvgIpc) is 2.57. The van der Waals surface area contributed by atoms with Crippen molar-refractivity contribution in [3.05, 3.63) is 42.0 Å².